The maximum absolute atomic E-state index is 2.61. The smallest absolute Gasteiger partial charge is 0.358 e. The number of hydrogen-bond acceptors (Lipinski definition) is 0. The van der Waals surface area contributed by atoms with Crippen molar-refractivity contribution in [2.24, 2.45) is 0 Å². The number of hydrogen-bond donors (Lipinski definition) is 0. The van der Waals surface area contributed by atoms with E-state index in [-0.39, 0.29) is 23.9 Å². The average molecular weight is 243 g/mol. The molecule has 0 aromatic heterocycles. The minimum atomic E-state index is -0.820. The molecule has 82 valence electrons. The van der Waals surface area contributed by atoms with E-state index in [1.54, 1.807) is 0 Å². The van der Waals surface area contributed by atoms with Crippen LogP contribution in [0.5, 0.6) is 0 Å². The Balaban J connectivity index is 0. The summed E-state index contributed by atoms with van der Waals surface area (Å²) >= 11 is 0. The van der Waals surface area contributed by atoms with E-state index in [4.69, 9.17) is 0 Å². The molecule has 0 aromatic carbocycles. The fraction of sp³-hybridized carbons (Fsp3) is 0.818. The van der Waals surface area contributed by atoms with E-state index in [9.17, 15) is 0 Å². The van der Waals surface area contributed by atoms with E-state index in [1.165, 1.54) is 31.4 Å². The zero-order valence-corrected chi connectivity index (χ0v) is 11.5. The van der Waals surface area contributed by atoms with Gasteiger partial charge < -0.3 is 13.8 Å². The van der Waals surface area contributed by atoms with Gasteiger partial charge in [0.2, 0.25) is 0 Å². The summed E-state index contributed by atoms with van der Waals surface area (Å²) in [6.07, 6.45) is 6.98. The molecule has 1 atom stereocenters. The summed E-state index contributed by atoms with van der Waals surface area (Å²) in [5.74, 6) is 0. The zero-order valence-electron chi connectivity index (χ0n) is 9.51. The van der Waals surface area contributed by atoms with Crippen molar-refractivity contribution >= 4 is 8.07 Å². The molecule has 0 bridgehead atoms. The van der Waals surface area contributed by atoms with E-state index >= 15 is 0 Å². The van der Waals surface area contributed by atoms with Gasteiger partial charge in [-0.2, -0.15) is 12.0 Å². The van der Waals surface area contributed by atoms with Crippen LogP contribution >= 0.6 is 0 Å². The van der Waals surface area contributed by atoms with Crippen LogP contribution < -0.4 is 0 Å². The fourth-order valence-corrected chi connectivity index (χ4v) is 5.37. The first kappa shape index (κ1) is 16.2. The Kier molecular flexibility index (Phi) is 8.77. The Hall–Kier alpha value is 0.710. The third-order valence-corrected chi connectivity index (χ3v) is 9.23. The molecule has 1 aliphatic rings. The first-order chi connectivity index (χ1) is 5.23. The summed E-state index contributed by atoms with van der Waals surface area (Å²) in [4.78, 5) is 0. The predicted octanol–water partition coefficient (Wildman–Crippen LogP) is 4.31. The van der Waals surface area contributed by atoms with Crippen LogP contribution in [0.1, 0.15) is 33.1 Å². The minimum Gasteiger partial charge on any atom is -0.358 e. The Morgan fingerprint density at radius 2 is 1.85 bits per heavy atom. The van der Waals surface area contributed by atoms with Crippen LogP contribution in [-0.2, 0) is 16.5 Å². The Bertz CT molecular complexity index is 115. The molecule has 2 heteroatoms. The predicted molar refractivity (Wildman–Crippen MR) is 60.9 cm³/mol. The van der Waals surface area contributed by atoms with Crippen molar-refractivity contribution in [1.29, 1.82) is 0 Å². The summed E-state index contributed by atoms with van der Waals surface area (Å²) in [5, 5.41) is 0. The summed E-state index contributed by atoms with van der Waals surface area (Å²) in [5.41, 5.74) is 1.05. The van der Waals surface area contributed by atoms with Crippen molar-refractivity contribution in [3.05, 3.63) is 13.8 Å². The van der Waals surface area contributed by atoms with Crippen LogP contribution in [0.2, 0.25) is 24.2 Å². The van der Waals surface area contributed by atoms with Crippen molar-refractivity contribution in [3.8, 4) is 0 Å². The molecular formula is C11H24NiSi. The molecule has 1 unspecified atom stereocenters. The first-order valence-corrected chi connectivity index (χ1v) is 8.05. The second-order valence-electron chi connectivity index (χ2n) is 4.13. The molecular weight excluding hydrogens is 219 g/mol. The maximum atomic E-state index is 2.61. The van der Waals surface area contributed by atoms with Gasteiger partial charge in [-0.05, 0) is 0 Å². The molecule has 0 heterocycles. The second kappa shape index (κ2) is 7.06. The van der Waals surface area contributed by atoms with Gasteiger partial charge in [0.15, 0.2) is 0 Å². The molecule has 1 aliphatic carbocycles. The maximum Gasteiger partial charge on any atom is 2.00 e. The molecule has 1 rings (SSSR count). The molecule has 0 spiro atoms. The van der Waals surface area contributed by atoms with Gasteiger partial charge in [0.1, 0.15) is 0 Å². The van der Waals surface area contributed by atoms with Gasteiger partial charge in [-0.1, -0.05) is 45.3 Å². The van der Waals surface area contributed by atoms with Crippen molar-refractivity contribution in [2.75, 3.05) is 0 Å². The standard InChI is InChI=1S/C10H21Si.CH3.Ni/c1-4-11(3,5-2)10-8-6-7-9-10;;/h8,10H,4-7,9H2,1-3H3;1H3;/q2*-1;+2. The van der Waals surface area contributed by atoms with Gasteiger partial charge in [0.05, 0.1) is 0 Å². The largest absolute Gasteiger partial charge is 2.00 e. The molecule has 1 saturated carbocycles. The van der Waals surface area contributed by atoms with Crippen LogP contribution in [0.25, 0.3) is 0 Å². The minimum absolute atomic E-state index is 0. The summed E-state index contributed by atoms with van der Waals surface area (Å²) in [7, 11) is -0.820. The van der Waals surface area contributed by atoms with Gasteiger partial charge in [0.25, 0.3) is 0 Å². The molecule has 0 N–H and O–H groups in total. The van der Waals surface area contributed by atoms with Crippen molar-refractivity contribution in [1.82, 2.24) is 0 Å². The van der Waals surface area contributed by atoms with E-state index in [2.05, 4.69) is 26.8 Å². The van der Waals surface area contributed by atoms with Gasteiger partial charge in [-0.25, -0.2) is 0 Å². The van der Waals surface area contributed by atoms with Crippen molar-refractivity contribution in [2.45, 2.75) is 57.3 Å². The Morgan fingerprint density at radius 3 is 2.15 bits per heavy atom. The van der Waals surface area contributed by atoms with Crippen molar-refractivity contribution in [3.63, 3.8) is 0 Å². The average Bonchev–Trinajstić information content (AvgIpc) is 2.55. The summed E-state index contributed by atoms with van der Waals surface area (Å²) < 4.78 is 0. The molecule has 13 heavy (non-hydrogen) atoms. The molecule has 0 saturated heterocycles. The molecule has 0 amide bonds. The normalized spacial score (nSPS) is 21.9. The molecule has 0 aromatic rings. The van der Waals surface area contributed by atoms with Crippen LogP contribution in [0, 0.1) is 13.8 Å². The second-order valence-corrected chi connectivity index (χ2v) is 9.60. The molecule has 0 nitrogen and oxygen atoms in total. The third kappa shape index (κ3) is 3.75. The van der Waals surface area contributed by atoms with E-state index < -0.39 is 8.07 Å². The fourth-order valence-electron chi connectivity index (χ4n) is 2.18. The topological polar surface area (TPSA) is 0 Å². The van der Waals surface area contributed by atoms with Crippen LogP contribution in [-0.4, -0.2) is 8.07 Å². The monoisotopic (exact) mass is 242 g/mol. The van der Waals surface area contributed by atoms with Gasteiger partial charge in [-0.3, -0.25) is 0 Å². The van der Waals surface area contributed by atoms with Crippen LogP contribution in [0.3, 0.4) is 0 Å². The third-order valence-electron chi connectivity index (χ3n) is 3.68. The Morgan fingerprint density at radius 1 is 1.31 bits per heavy atom. The Labute approximate surface area is 95.8 Å². The van der Waals surface area contributed by atoms with Gasteiger partial charge in [-0.15, -0.1) is 0 Å². The molecule has 0 aliphatic heterocycles. The van der Waals surface area contributed by atoms with E-state index in [1.807, 2.05) is 0 Å². The summed E-state index contributed by atoms with van der Waals surface area (Å²) in [6, 6.07) is 2.95. The van der Waals surface area contributed by atoms with Gasteiger partial charge in [0, 0.05) is 8.07 Å². The number of rotatable bonds is 3. The van der Waals surface area contributed by atoms with E-state index in [0.717, 1.165) is 5.54 Å². The SMILES string of the molecule is CC[Si](C)(CC)C1[CH-]CCC1.[CH3-].[Ni+2]. The summed E-state index contributed by atoms with van der Waals surface area (Å²) in [6.45, 7) is 7.36. The van der Waals surface area contributed by atoms with Crippen LogP contribution in [0.4, 0.5) is 0 Å². The molecule has 1 fully saturated rings. The van der Waals surface area contributed by atoms with Crippen LogP contribution in [0.15, 0.2) is 0 Å². The van der Waals surface area contributed by atoms with Crippen molar-refractivity contribution < 1.29 is 16.5 Å². The molecule has 0 radical (unpaired) electrons. The quantitative estimate of drug-likeness (QED) is 0.511. The van der Waals surface area contributed by atoms with E-state index in [0.29, 0.717) is 0 Å². The zero-order chi connectivity index (χ0) is 8.32. The van der Waals surface area contributed by atoms with Gasteiger partial charge >= 0.3 is 16.5 Å². The first-order valence-electron chi connectivity index (χ1n) is 5.06.